The number of benzene rings is 1. The van der Waals surface area contributed by atoms with E-state index < -0.39 is 0 Å². The van der Waals surface area contributed by atoms with Gasteiger partial charge in [-0.3, -0.25) is 4.79 Å². The lowest BCUT2D eigenvalue weighted by molar-refractivity contribution is -0.118. The van der Waals surface area contributed by atoms with Crippen molar-refractivity contribution in [3.05, 3.63) is 52.2 Å². The highest BCUT2D eigenvalue weighted by atomic mass is 35.5. The first-order valence-corrected chi connectivity index (χ1v) is 8.27. The van der Waals surface area contributed by atoms with Crippen molar-refractivity contribution in [2.75, 3.05) is 0 Å². The number of hydrogen-bond donors (Lipinski definition) is 1. The zero-order valence-corrected chi connectivity index (χ0v) is 15.1. The lowest BCUT2D eigenvalue weighted by Crippen LogP contribution is -2.30. The molecule has 0 aliphatic carbocycles. The fraction of sp³-hybridized carbons (Fsp3) is 0.389. The van der Waals surface area contributed by atoms with E-state index in [1.807, 2.05) is 18.2 Å². The second-order valence-electron chi connectivity index (χ2n) is 6.19. The smallest absolute Gasteiger partial charge is 0.247 e. The molecule has 24 heavy (non-hydrogen) atoms. The predicted molar refractivity (Wildman–Crippen MR) is 94.5 cm³/mol. The fourth-order valence-electron chi connectivity index (χ4n) is 2.29. The lowest BCUT2D eigenvalue weighted by atomic mass is 10.0. The van der Waals surface area contributed by atoms with Gasteiger partial charge < -0.3 is 9.73 Å². The summed E-state index contributed by atoms with van der Waals surface area (Å²) >= 11 is 5.87. The highest BCUT2D eigenvalue weighted by Crippen LogP contribution is 2.21. The number of nitrogens with zero attached hydrogens (tertiary/aromatic N) is 2. The molecular formula is C18H22ClN3O2. The van der Waals surface area contributed by atoms with Crippen LogP contribution >= 0.6 is 11.6 Å². The predicted octanol–water partition coefficient (Wildman–Crippen LogP) is 4.34. The summed E-state index contributed by atoms with van der Waals surface area (Å²) in [5, 5.41) is 11.5. The van der Waals surface area contributed by atoms with Gasteiger partial charge in [-0.15, -0.1) is 10.2 Å². The summed E-state index contributed by atoms with van der Waals surface area (Å²) in [5.41, 5.74) is 1.52. The monoisotopic (exact) mass is 347 g/mol. The highest BCUT2D eigenvalue weighted by molar-refractivity contribution is 6.30. The average Bonchev–Trinajstić information content (AvgIpc) is 2.95. The summed E-state index contributed by atoms with van der Waals surface area (Å²) in [6, 6.07) is 7.02. The second-order valence-corrected chi connectivity index (χ2v) is 6.63. The number of carbonyl (C=O) groups is 1. The van der Waals surface area contributed by atoms with E-state index in [2.05, 4.69) is 29.4 Å². The van der Waals surface area contributed by atoms with Gasteiger partial charge in [0.05, 0.1) is 0 Å². The van der Waals surface area contributed by atoms with Gasteiger partial charge in [0, 0.05) is 17.5 Å². The number of rotatable bonds is 6. The molecule has 2 aromatic rings. The van der Waals surface area contributed by atoms with Crippen molar-refractivity contribution in [3.63, 3.8) is 0 Å². The molecule has 2 rings (SSSR count). The van der Waals surface area contributed by atoms with Crippen molar-refractivity contribution in [1.82, 2.24) is 15.5 Å². The number of aryl methyl sites for hydroxylation is 1. The third kappa shape index (κ3) is 5.20. The molecule has 5 nitrogen and oxygen atoms in total. The van der Waals surface area contributed by atoms with Gasteiger partial charge >= 0.3 is 0 Å². The van der Waals surface area contributed by atoms with Crippen molar-refractivity contribution >= 4 is 23.6 Å². The summed E-state index contributed by atoms with van der Waals surface area (Å²) in [6.45, 7) is 7.67. The van der Waals surface area contributed by atoms with Gasteiger partial charge in [-0.1, -0.05) is 37.6 Å². The van der Waals surface area contributed by atoms with Gasteiger partial charge in [0.2, 0.25) is 17.7 Å². The Balaban J connectivity index is 2.12. The fourth-order valence-corrected chi connectivity index (χ4v) is 2.42. The molecule has 0 spiro atoms. The van der Waals surface area contributed by atoms with Crippen LogP contribution in [0.25, 0.3) is 6.08 Å². The van der Waals surface area contributed by atoms with E-state index in [-0.39, 0.29) is 11.9 Å². The zero-order valence-electron chi connectivity index (χ0n) is 14.3. The van der Waals surface area contributed by atoms with Gasteiger partial charge in [0.15, 0.2) is 0 Å². The van der Waals surface area contributed by atoms with Crippen LogP contribution in [0.4, 0.5) is 0 Å². The van der Waals surface area contributed by atoms with Crippen molar-refractivity contribution in [2.24, 2.45) is 5.92 Å². The van der Waals surface area contributed by atoms with Crippen LogP contribution in [0.5, 0.6) is 0 Å². The maximum absolute atomic E-state index is 12.5. The standard InChI is InChI=1S/C18H22ClN3O2/c1-11(2)9-16(18-22-21-13(4)24-18)20-17(23)12(3)10-14-5-7-15(19)8-6-14/h5-8,10-11,16H,9H2,1-4H3,(H,20,23)/b12-10+. The molecule has 0 aliphatic rings. The van der Waals surface area contributed by atoms with Crippen LogP contribution in [-0.4, -0.2) is 16.1 Å². The Kier molecular flexibility index (Phi) is 6.15. The molecule has 1 heterocycles. The largest absolute Gasteiger partial charge is 0.423 e. The maximum Gasteiger partial charge on any atom is 0.247 e. The highest BCUT2D eigenvalue weighted by Gasteiger charge is 2.22. The Hall–Kier alpha value is -2.14. The minimum Gasteiger partial charge on any atom is -0.423 e. The van der Waals surface area contributed by atoms with Crippen LogP contribution in [-0.2, 0) is 4.79 Å². The van der Waals surface area contributed by atoms with Crippen LogP contribution in [0.3, 0.4) is 0 Å². The SMILES string of the molecule is C/C(=C\c1ccc(Cl)cc1)C(=O)NC(CC(C)C)c1nnc(C)o1. The van der Waals surface area contributed by atoms with Crippen LogP contribution in [0.15, 0.2) is 34.3 Å². The van der Waals surface area contributed by atoms with Crippen molar-refractivity contribution in [1.29, 1.82) is 0 Å². The molecule has 0 aliphatic heterocycles. The summed E-state index contributed by atoms with van der Waals surface area (Å²) in [6.07, 6.45) is 2.54. The molecule has 0 radical (unpaired) electrons. The molecule has 1 aromatic heterocycles. The number of amides is 1. The van der Waals surface area contributed by atoms with E-state index in [1.54, 1.807) is 26.0 Å². The molecule has 1 atom stereocenters. The van der Waals surface area contributed by atoms with Gasteiger partial charge in [-0.2, -0.15) is 0 Å². The minimum atomic E-state index is -0.299. The number of nitrogens with one attached hydrogen (secondary N) is 1. The van der Waals surface area contributed by atoms with Crippen molar-refractivity contribution in [2.45, 2.75) is 40.2 Å². The Morgan fingerprint density at radius 2 is 1.96 bits per heavy atom. The van der Waals surface area contributed by atoms with Crippen LogP contribution in [0.1, 0.15) is 50.6 Å². The molecule has 128 valence electrons. The molecule has 1 unspecified atom stereocenters. The third-order valence-corrected chi connectivity index (χ3v) is 3.72. The third-order valence-electron chi connectivity index (χ3n) is 3.46. The maximum atomic E-state index is 12.5. The van der Waals surface area contributed by atoms with Gasteiger partial charge in [-0.05, 0) is 43.0 Å². The van der Waals surface area contributed by atoms with Gasteiger partial charge in [0.1, 0.15) is 6.04 Å². The quantitative estimate of drug-likeness (QED) is 0.789. The minimum absolute atomic E-state index is 0.161. The van der Waals surface area contributed by atoms with Crippen molar-refractivity contribution in [3.8, 4) is 0 Å². The first kappa shape index (κ1) is 18.2. The molecule has 6 heteroatoms. The van der Waals surface area contributed by atoms with E-state index in [0.29, 0.717) is 28.3 Å². The van der Waals surface area contributed by atoms with E-state index in [0.717, 1.165) is 12.0 Å². The Labute approximate surface area is 147 Å². The summed E-state index contributed by atoms with van der Waals surface area (Å²) in [7, 11) is 0. The Morgan fingerprint density at radius 3 is 2.50 bits per heavy atom. The van der Waals surface area contributed by atoms with E-state index in [9.17, 15) is 4.79 Å². The molecule has 0 saturated carbocycles. The van der Waals surface area contributed by atoms with E-state index >= 15 is 0 Å². The first-order chi connectivity index (χ1) is 11.3. The van der Waals surface area contributed by atoms with Crippen molar-refractivity contribution < 1.29 is 9.21 Å². The van der Waals surface area contributed by atoms with Crippen LogP contribution < -0.4 is 5.32 Å². The number of carbonyl (C=O) groups excluding carboxylic acids is 1. The summed E-state index contributed by atoms with van der Waals surface area (Å²) in [4.78, 5) is 12.5. The summed E-state index contributed by atoms with van der Waals surface area (Å²) < 4.78 is 5.49. The number of halogens is 1. The van der Waals surface area contributed by atoms with E-state index in [1.165, 1.54) is 0 Å². The van der Waals surface area contributed by atoms with Gasteiger partial charge in [0.25, 0.3) is 0 Å². The van der Waals surface area contributed by atoms with Crippen LogP contribution in [0, 0.1) is 12.8 Å². The molecular weight excluding hydrogens is 326 g/mol. The zero-order chi connectivity index (χ0) is 17.7. The number of hydrogen-bond acceptors (Lipinski definition) is 4. The molecule has 0 fully saturated rings. The molecule has 1 aromatic carbocycles. The normalized spacial score (nSPS) is 13.2. The molecule has 1 amide bonds. The molecule has 0 saturated heterocycles. The molecule has 1 N–H and O–H groups in total. The molecule has 0 bridgehead atoms. The number of aromatic nitrogens is 2. The first-order valence-electron chi connectivity index (χ1n) is 7.90. The second kappa shape index (κ2) is 8.11. The average molecular weight is 348 g/mol. The van der Waals surface area contributed by atoms with Gasteiger partial charge in [-0.25, -0.2) is 0 Å². The topological polar surface area (TPSA) is 68.0 Å². The summed E-state index contributed by atoms with van der Waals surface area (Å²) in [5.74, 6) is 1.14. The van der Waals surface area contributed by atoms with Crippen LogP contribution in [0.2, 0.25) is 5.02 Å². The Bertz CT molecular complexity index is 720. The van der Waals surface area contributed by atoms with E-state index in [4.69, 9.17) is 16.0 Å². The Morgan fingerprint density at radius 1 is 1.29 bits per heavy atom. The lowest BCUT2D eigenvalue weighted by Gasteiger charge is -2.17.